The minimum atomic E-state index is -0.572. The van der Waals surface area contributed by atoms with Crippen LogP contribution in [-0.2, 0) is 22.7 Å². The third kappa shape index (κ3) is 3.84. The highest BCUT2D eigenvalue weighted by molar-refractivity contribution is 5.90. The van der Waals surface area contributed by atoms with Gasteiger partial charge in [-0.1, -0.05) is 24.3 Å². The predicted octanol–water partition coefficient (Wildman–Crippen LogP) is 0.0997. The lowest BCUT2D eigenvalue weighted by Crippen LogP contribution is -2.50. The lowest BCUT2D eigenvalue weighted by molar-refractivity contribution is -0.139. The molecule has 2 rings (SSSR count). The average molecular weight is 304 g/mol. The molecule has 0 spiro atoms. The van der Waals surface area contributed by atoms with Gasteiger partial charge in [0, 0.05) is 19.6 Å². The smallest absolute Gasteiger partial charge is 0.243 e. The van der Waals surface area contributed by atoms with Gasteiger partial charge in [-0.3, -0.25) is 9.59 Å². The summed E-state index contributed by atoms with van der Waals surface area (Å²) in [7, 11) is 0. The molecule has 5 N–H and O–H groups in total. The third-order valence-corrected chi connectivity index (χ3v) is 3.95. The second-order valence-corrected chi connectivity index (χ2v) is 5.72. The van der Waals surface area contributed by atoms with Crippen molar-refractivity contribution in [3.8, 4) is 0 Å². The highest BCUT2D eigenvalue weighted by Gasteiger charge is 2.34. The summed E-state index contributed by atoms with van der Waals surface area (Å²) in [4.78, 5) is 25.9. The molecular weight excluding hydrogens is 280 g/mol. The van der Waals surface area contributed by atoms with Crippen molar-refractivity contribution in [2.45, 2.75) is 44.9 Å². The zero-order valence-corrected chi connectivity index (χ0v) is 12.9. The van der Waals surface area contributed by atoms with Crippen molar-refractivity contribution in [2.75, 3.05) is 6.54 Å². The number of benzene rings is 1. The van der Waals surface area contributed by atoms with Crippen LogP contribution in [0.15, 0.2) is 24.3 Å². The highest BCUT2D eigenvalue weighted by Crippen LogP contribution is 2.18. The Balaban J connectivity index is 1.92. The van der Waals surface area contributed by atoms with Crippen molar-refractivity contribution in [1.29, 1.82) is 0 Å². The van der Waals surface area contributed by atoms with Gasteiger partial charge in [0.1, 0.15) is 6.04 Å². The first-order valence-corrected chi connectivity index (χ1v) is 7.64. The highest BCUT2D eigenvalue weighted by atomic mass is 16.2. The van der Waals surface area contributed by atoms with Crippen LogP contribution < -0.4 is 16.8 Å². The maximum atomic E-state index is 12.3. The minimum absolute atomic E-state index is 0.116. The quantitative estimate of drug-likeness (QED) is 0.718. The van der Waals surface area contributed by atoms with E-state index in [1.54, 1.807) is 11.8 Å². The standard InChI is InChI=1S/C16H24N4O2/c1-11(18)16(22)20-8-2-3-14(20)15(21)19-10-13-6-4-12(9-17)5-7-13/h4-7,11,14H,2-3,8-10,17-18H2,1H3,(H,19,21)/t11-,14+/m1/s1. The van der Waals surface area contributed by atoms with Crippen LogP contribution in [0.1, 0.15) is 30.9 Å². The monoisotopic (exact) mass is 304 g/mol. The number of carbonyl (C=O) groups is 2. The molecule has 1 aromatic carbocycles. The fraction of sp³-hybridized carbons (Fsp3) is 0.500. The van der Waals surface area contributed by atoms with Crippen LogP contribution in [0.4, 0.5) is 0 Å². The summed E-state index contributed by atoms with van der Waals surface area (Å²) in [6, 6.07) is 6.81. The first-order valence-electron chi connectivity index (χ1n) is 7.64. The summed E-state index contributed by atoms with van der Waals surface area (Å²) in [5.74, 6) is -0.278. The number of rotatable bonds is 5. The van der Waals surface area contributed by atoms with Crippen molar-refractivity contribution >= 4 is 11.8 Å². The van der Waals surface area contributed by atoms with Crippen LogP contribution in [-0.4, -0.2) is 35.3 Å². The first kappa shape index (κ1) is 16.5. The number of nitrogens with zero attached hydrogens (tertiary/aromatic N) is 1. The van der Waals surface area contributed by atoms with Crippen LogP contribution in [0.25, 0.3) is 0 Å². The Kier molecular flexibility index (Phi) is 5.51. The van der Waals surface area contributed by atoms with Gasteiger partial charge in [0.25, 0.3) is 0 Å². The number of likely N-dealkylation sites (tertiary alicyclic amines) is 1. The zero-order chi connectivity index (χ0) is 16.1. The van der Waals surface area contributed by atoms with Crippen LogP contribution in [0.5, 0.6) is 0 Å². The molecule has 1 aromatic rings. The van der Waals surface area contributed by atoms with E-state index in [4.69, 9.17) is 11.5 Å². The fourth-order valence-corrected chi connectivity index (χ4v) is 2.66. The summed E-state index contributed by atoms with van der Waals surface area (Å²) in [6.45, 7) is 3.20. The normalized spacial score (nSPS) is 19.0. The van der Waals surface area contributed by atoms with Gasteiger partial charge in [-0.15, -0.1) is 0 Å². The molecule has 22 heavy (non-hydrogen) atoms. The Morgan fingerprint density at radius 2 is 1.95 bits per heavy atom. The van der Waals surface area contributed by atoms with Gasteiger partial charge < -0.3 is 21.7 Å². The fourth-order valence-electron chi connectivity index (χ4n) is 2.66. The van der Waals surface area contributed by atoms with E-state index in [0.29, 0.717) is 26.1 Å². The van der Waals surface area contributed by atoms with Crippen molar-refractivity contribution in [3.05, 3.63) is 35.4 Å². The van der Waals surface area contributed by atoms with Crippen LogP contribution in [0.2, 0.25) is 0 Å². The second-order valence-electron chi connectivity index (χ2n) is 5.72. The molecule has 0 unspecified atom stereocenters. The maximum absolute atomic E-state index is 12.3. The van der Waals surface area contributed by atoms with E-state index in [0.717, 1.165) is 17.5 Å². The molecule has 1 saturated heterocycles. The number of hydrogen-bond donors (Lipinski definition) is 3. The van der Waals surface area contributed by atoms with Crippen molar-refractivity contribution in [2.24, 2.45) is 11.5 Å². The Morgan fingerprint density at radius 3 is 2.55 bits per heavy atom. The van der Waals surface area contributed by atoms with E-state index >= 15 is 0 Å². The summed E-state index contributed by atoms with van der Waals surface area (Å²) >= 11 is 0. The summed E-state index contributed by atoms with van der Waals surface area (Å²) in [5.41, 5.74) is 13.3. The molecule has 1 aliphatic heterocycles. The van der Waals surface area contributed by atoms with Crippen LogP contribution in [0.3, 0.4) is 0 Å². The van der Waals surface area contributed by atoms with E-state index in [1.165, 1.54) is 0 Å². The lowest BCUT2D eigenvalue weighted by atomic mass is 10.1. The number of nitrogens with one attached hydrogen (secondary N) is 1. The molecule has 0 bridgehead atoms. The SMILES string of the molecule is C[C@@H](N)C(=O)N1CCC[C@H]1C(=O)NCc1ccc(CN)cc1. The molecule has 6 heteroatoms. The van der Waals surface area contributed by atoms with Crippen LogP contribution >= 0.6 is 0 Å². The van der Waals surface area contributed by atoms with E-state index < -0.39 is 12.1 Å². The largest absolute Gasteiger partial charge is 0.350 e. The molecule has 1 heterocycles. The zero-order valence-electron chi connectivity index (χ0n) is 12.9. The molecule has 1 fully saturated rings. The Hall–Kier alpha value is -1.92. The molecule has 0 radical (unpaired) electrons. The first-order chi connectivity index (χ1) is 10.5. The number of hydrogen-bond acceptors (Lipinski definition) is 4. The van der Waals surface area contributed by atoms with E-state index in [9.17, 15) is 9.59 Å². The molecule has 2 atom stereocenters. The van der Waals surface area contributed by atoms with Gasteiger partial charge in [-0.25, -0.2) is 0 Å². The van der Waals surface area contributed by atoms with Gasteiger partial charge in [-0.2, -0.15) is 0 Å². The number of carbonyl (C=O) groups excluding carboxylic acids is 2. The van der Waals surface area contributed by atoms with Gasteiger partial charge in [0.2, 0.25) is 11.8 Å². The van der Waals surface area contributed by atoms with Gasteiger partial charge >= 0.3 is 0 Å². The number of nitrogens with two attached hydrogens (primary N) is 2. The molecule has 2 amide bonds. The van der Waals surface area contributed by atoms with Crippen molar-refractivity contribution in [1.82, 2.24) is 10.2 Å². The Morgan fingerprint density at radius 1 is 1.32 bits per heavy atom. The summed E-state index contributed by atoms with van der Waals surface area (Å²) in [5, 5.41) is 2.90. The summed E-state index contributed by atoms with van der Waals surface area (Å²) < 4.78 is 0. The molecular formula is C16H24N4O2. The van der Waals surface area contributed by atoms with Gasteiger partial charge in [-0.05, 0) is 30.9 Å². The second kappa shape index (κ2) is 7.38. The van der Waals surface area contributed by atoms with Crippen molar-refractivity contribution in [3.63, 3.8) is 0 Å². The topological polar surface area (TPSA) is 101 Å². The molecule has 1 aliphatic rings. The predicted molar refractivity (Wildman–Crippen MR) is 84.6 cm³/mol. The molecule has 0 aliphatic carbocycles. The number of amides is 2. The molecule has 0 saturated carbocycles. The lowest BCUT2D eigenvalue weighted by Gasteiger charge is -2.25. The Labute approximate surface area is 130 Å². The van der Waals surface area contributed by atoms with E-state index in [-0.39, 0.29) is 11.8 Å². The molecule has 120 valence electrons. The van der Waals surface area contributed by atoms with Gasteiger partial charge in [0.15, 0.2) is 0 Å². The van der Waals surface area contributed by atoms with E-state index in [2.05, 4.69) is 5.32 Å². The maximum Gasteiger partial charge on any atom is 0.243 e. The average Bonchev–Trinajstić information content (AvgIpc) is 3.01. The Bertz CT molecular complexity index is 527. The third-order valence-electron chi connectivity index (χ3n) is 3.95. The van der Waals surface area contributed by atoms with Crippen LogP contribution in [0, 0.1) is 0 Å². The summed E-state index contributed by atoms with van der Waals surface area (Å²) in [6.07, 6.45) is 1.53. The molecule has 0 aromatic heterocycles. The van der Waals surface area contributed by atoms with E-state index in [1.807, 2.05) is 24.3 Å². The minimum Gasteiger partial charge on any atom is -0.350 e. The van der Waals surface area contributed by atoms with Crippen molar-refractivity contribution < 1.29 is 9.59 Å². The molecule has 6 nitrogen and oxygen atoms in total. The van der Waals surface area contributed by atoms with Gasteiger partial charge in [0.05, 0.1) is 6.04 Å².